The molecule has 22 heavy (non-hydrogen) atoms. The van der Waals surface area contributed by atoms with Crippen molar-refractivity contribution in [2.24, 2.45) is 0 Å². The minimum absolute atomic E-state index is 0.0727. The summed E-state index contributed by atoms with van der Waals surface area (Å²) < 4.78 is 29.4. The van der Waals surface area contributed by atoms with E-state index in [2.05, 4.69) is 10.4 Å². The van der Waals surface area contributed by atoms with Gasteiger partial charge in [-0.05, 0) is 31.4 Å². The van der Waals surface area contributed by atoms with E-state index in [9.17, 15) is 18.7 Å². The third kappa shape index (κ3) is 2.37. The molecule has 0 saturated heterocycles. The van der Waals surface area contributed by atoms with Crippen molar-refractivity contribution in [2.45, 2.75) is 30.8 Å². The Morgan fingerprint density at radius 2 is 2.00 bits per heavy atom. The number of amides is 1. The van der Waals surface area contributed by atoms with Gasteiger partial charge in [-0.1, -0.05) is 18.2 Å². The first-order chi connectivity index (χ1) is 10.4. The second-order valence-corrected chi connectivity index (χ2v) is 5.42. The summed E-state index contributed by atoms with van der Waals surface area (Å²) in [4.78, 5) is 11.8. The molecule has 0 spiro atoms. The molecule has 0 bridgehead atoms. The number of benzene rings is 1. The topological polar surface area (TPSA) is 67.2 Å². The lowest BCUT2D eigenvalue weighted by atomic mass is 9.75. The van der Waals surface area contributed by atoms with E-state index in [0.29, 0.717) is 6.42 Å². The van der Waals surface area contributed by atoms with Gasteiger partial charge in [0.1, 0.15) is 5.60 Å². The highest BCUT2D eigenvalue weighted by Crippen LogP contribution is 2.44. The van der Waals surface area contributed by atoms with Crippen molar-refractivity contribution in [3.63, 3.8) is 0 Å². The molecule has 1 aliphatic rings. The predicted octanol–water partition coefficient (Wildman–Crippen LogP) is 2.36. The Kier molecular flexibility index (Phi) is 3.44. The average molecular weight is 307 g/mol. The van der Waals surface area contributed by atoms with Crippen molar-refractivity contribution >= 4 is 11.6 Å². The Labute approximate surface area is 125 Å². The van der Waals surface area contributed by atoms with Crippen LogP contribution >= 0.6 is 0 Å². The highest BCUT2D eigenvalue weighted by Gasteiger charge is 2.61. The molecule has 1 saturated carbocycles. The summed E-state index contributed by atoms with van der Waals surface area (Å²) >= 11 is 0. The van der Waals surface area contributed by atoms with Crippen molar-refractivity contribution in [1.29, 1.82) is 0 Å². The molecule has 0 unspecified atom stereocenters. The molecule has 1 aliphatic carbocycles. The van der Waals surface area contributed by atoms with E-state index in [0.717, 1.165) is 5.69 Å². The van der Waals surface area contributed by atoms with Gasteiger partial charge in [-0.2, -0.15) is 13.9 Å². The van der Waals surface area contributed by atoms with Gasteiger partial charge in [0, 0.05) is 0 Å². The molecule has 0 atom stereocenters. The fourth-order valence-corrected chi connectivity index (χ4v) is 2.36. The molecule has 1 fully saturated rings. The minimum atomic E-state index is -3.82. The Balaban J connectivity index is 1.74. The first-order valence-electron chi connectivity index (χ1n) is 6.94. The van der Waals surface area contributed by atoms with Crippen molar-refractivity contribution in [3.05, 3.63) is 42.7 Å². The summed E-state index contributed by atoms with van der Waals surface area (Å²) in [7, 11) is 0. The Bertz CT molecular complexity index is 681. The van der Waals surface area contributed by atoms with Crippen LogP contribution in [0.2, 0.25) is 0 Å². The molecule has 0 radical (unpaired) electrons. The van der Waals surface area contributed by atoms with E-state index < -0.39 is 17.4 Å². The number of carbonyl (C=O) groups excluding carboxylic acids is 1. The molecule has 2 N–H and O–H groups in total. The molecule has 1 heterocycles. The smallest absolute Gasteiger partial charge is 0.352 e. The maximum atomic E-state index is 14.0. The molecular weight excluding hydrogens is 292 g/mol. The van der Waals surface area contributed by atoms with Crippen molar-refractivity contribution in [1.82, 2.24) is 9.78 Å². The normalized spacial score (nSPS) is 16.9. The largest absolute Gasteiger partial charge is 0.383 e. The molecule has 116 valence electrons. The Hall–Kier alpha value is -2.28. The maximum Gasteiger partial charge on any atom is 0.352 e. The van der Waals surface area contributed by atoms with Gasteiger partial charge in [0.2, 0.25) is 0 Å². The minimum Gasteiger partial charge on any atom is -0.383 e. The average Bonchev–Trinajstić information content (AvgIpc) is 2.94. The van der Waals surface area contributed by atoms with Gasteiger partial charge < -0.3 is 10.4 Å². The van der Waals surface area contributed by atoms with E-state index in [1.807, 2.05) is 18.2 Å². The monoisotopic (exact) mass is 307 g/mol. The van der Waals surface area contributed by atoms with E-state index in [1.54, 1.807) is 12.1 Å². The van der Waals surface area contributed by atoms with Crippen molar-refractivity contribution in [2.75, 3.05) is 5.32 Å². The van der Waals surface area contributed by atoms with Crippen LogP contribution in [0.1, 0.15) is 19.3 Å². The molecule has 2 aromatic rings. The van der Waals surface area contributed by atoms with Crippen LogP contribution in [0.3, 0.4) is 0 Å². The predicted molar refractivity (Wildman–Crippen MR) is 75.9 cm³/mol. The van der Waals surface area contributed by atoms with Gasteiger partial charge in [-0.15, -0.1) is 0 Å². The van der Waals surface area contributed by atoms with Gasteiger partial charge in [-0.3, -0.25) is 4.79 Å². The SMILES string of the molecule is O=C(Nc1cnn(-c2ccccc2)c1)C(F)(F)C1(O)CCC1. The van der Waals surface area contributed by atoms with Gasteiger partial charge in [0.15, 0.2) is 0 Å². The lowest BCUT2D eigenvalue weighted by Crippen LogP contribution is -2.59. The number of halogens is 2. The summed E-state index contributed by atoms with van der Waals surface area (Å²) in [5.74, 6) is -5.33. The lowest BCUT2D eigenvalue weighted by molar-refractivity contribution is -0.212. The van der Waals surface area contributed by atoms with E-state index in [-0.39, 0.29) is 18.5 Å². The Morgan fingerprint density at radius 1 is 1.32 bits per heavy atom. The van der Waals surface area contributed by atoms with Crippen molar-refractivity contribution < 1.29 is 18.7 Å². The summed E-state index contributed by atoms with van der Waals surface area (Å²) in [6.07, 6.45) is 3.07. The number of hydrogen-bond acceptors (Lipinski definition) is 3. The van der Waals surface area contributed by atoms with E-state index in [1.165, 1.54) is 17.1 Å². The fourth-order valence-electron chi connectivity index (χ4n) is 2.36. The van der Waals surface area contributed by atoms with Gasteiger partial charge in [0.25, 0.3) is 5.91 Å². The molecule has 1 aromatic heterocycles. The number of carbonyl (C=O) groups is 1. The third-order valence-electron chi connectivity index (χ3n) is 3.91. The Morgan fingerprint density at radius 3 is 2.59 bits per heavy atom. The van der Waals surface area contributed by atoms with E-state index >= 15 is 0 Å². The van der Waals surface area contributed by atoms with Gasteiger partial charge >= 0.3 is 5.92 Å². The van der Waals surface area contributed by atoms with Crippen LogP contribution in [0.5, 0.6) is 0 Å². The fraction of sp³-hybridized carbons (Fsp3) is 0.333. The van der Waals surface area contributed by atoms with Crippen molar-refractivity contribution in [3.8, 4) is 5.69 Å². The number of nitrogens with zero attached hydrogens (tertiary/aromatic N) is 2. The zero-order valence-corrected chi connectivity index (χ0v) is 11.7. The first-order valence-corrected chi connectivity index (χ1v) is 6.94. The molecule has 1 amide bonds. The molecular formula is C15H15F2N3O2. The number of anilines is 1. The number of aliphatic hydroxyl groups is 1. The summed E-state index contributed by atoms with van der Waals surface area (Å²) in [6, 6.07) is 9.06. The molecule has 7 heteroatoms. The summed E-state index contributed by atoms with van der Waals surface area (Å²) in [5, 5.41) is 15.9. The molecule has 1 aromatic carbocycles. The number of nitrogens with one attached hydrogen (secondary N) is 1. The molecule has 5 nitrogen and oxygen atoms in total. The number of hydrogen-bond donors (Lipinski definition) is 2. The number of alkyl halides is 2. The summed E-state index contributed by atoms with van der Waals surface area (Å²) in [5.41, 5.74) is -1.34. The van der Waals surface area contributed by atoms with Crippen LogP contribution in [-0.2, 0) is 4.79 Å². The quantitative estimate of drug-likeness (QED) is 0.911. The standard InChI is InChI=1S/C15H15F2N3O2/c16-15(17,14(22)7-4-8-14)13(21)19-11-9-18-20(10-11)12-5-2-1-3-6-12/h1-3,5-6,9-10,22H,4,7-8H2,(H,19,21). The molecule has 0 aliphatic heterocycles. The third-order valence-corrected chi connectivity index (χ3v) is 3.91. The van der Waals surface area contributed by atoms with Crippen LogP contribution in [0.25, 0.3) is 5.69 Å². The number of rotatable bonds is 4. The number of para-hydroxylation sites is 1. The lowest BCUT2D eigenvalue weighted by Gasteiger charge is -2.41. The van der Waals surface area contributed by atoms with Crippen LogP contribution in [0, 0.1) is 0 Å². The molecule has 3 rings (SSSR count). The number of aromatic nitrogens is 2. The van der Waals surface area contributed by atoms with Crippen LogP contribution < -0.4 is 5.32 Å². The highest BCUT2D eigenvalue weighted by molar-refractivity contribution is 5.97. The second-order valence-electron chi connectivity index (χ2n) is 5.42. The van der Waals surface area contributed by atoms with Crippen LogP contribution in [0.15, 0.2) is 42.7 Å². The van der Waals surface area contributed by atoms with Gasteiger partial charge in [-0.25, -0.2) is 4.68 Å². The highest BCUT2D eigenvalue weighted by atomic mass is 19.3. The zero-order chi connectivity index (χ0) is 15.8. The summed E-state index contributed by atoms with van der Waals surface area (Å²) in [6.45, 7) is 0. The van der Waals surface area contributed by atoms with Gasteiger partial charge in [0.05, 0.1) is 23.8 Å². The van der Waals surface area contributed by atoms with Crippen LogP contribution in [-0.4, -0.2) is 32.3 Å². The zero-order valence-electron chi connectivity index (χ0n) is 11.7. The second kappa shape index (κ2) is 5.17. The van der Waals surface area contributed by atoms with Crippen LogP contribution in [0.4, 0.5) is 14.5 Å². The maximum absolute atomic E-state index is 14.0. The van der Waals surface area contributed by atoms with E-state index in [4.69, 9.17) is 0 Å². The first kappa shape index (κ1) is 14.6.